The summed E-state index contributed by atoms with van der Waals surface area (Å²) < 4.78 is 10.4. The number of benzene rings is 1. The van der Waals surface area contributed by atoms with Crippen molar-refractivity contribution in [3.63, 3.8) is 0 Å². The van der Waals surface area contributed by atoms with Crippen molar-refractivity contribution in [2.45, 2.75) is 70.9 Å². The SMILES string of the molecule is CCOC(=O)C(C)(CCC[C@H](NC(=O)OC(C)(C)C)C(C(=O)O)C(=O)O)c1ccccc1. The minimum atomic E-state index is -1.87. The highest BCUT2D eigenvalue weighted by atomic mass is 16.6. The van der Waals surface area contributed by atoms with E-state index in [-0.39, 0.29) is 25.9 Å². The molecule has 0 aliphatic rings. The van der Waals surface area contributed by atoms with E-state index < -0.39 is 47.0 Å². The molecule has 0 aliphatic heterocycles. The number of aliphatic carboxylic acids is 2. The van der Waals surface area contributed by atoms with Crippen LogP contribution in [0.2, 0.25) is 0 Å². The molecule has 0 fully saturated rings. The van der Waals surface area contributed by atoms with E-state index in [1.807, 2.05) is 6.07 Å². The first kappa shape index (κ1) is 26.9. The third kappa shape index (κ3) is 7.86. The number of carbonyl (C=O) groups is 4. The summed E-state index contributed by atoms with van der Waals surface area (Å²) in [5.41, 5.74) is -1.13. The Labute approximate surface area is 188 Å². The molecule has 2 atom stereocenters. The summed E-state index contributed by atoms with van der Waals surface area (Å²) in [6, 6.07) is 7.77. The highest BCUT2D eigenvalue weighted by Gasteiger charge is 2.39. The summed E-state index contributed by atoms with van der Waals surface area (Å²) in [6.45, 7) is 8.54. The van der Waals surface area contributed by atoms with E-state index in [9.17, 15) is 29.4 Å². The molecule has 0 spiro atoms. The maximum atomic E-state index is 12.7. The molecule has 0 saturated heterocycles. The zero-order valence-corrected chi connectivity index (χ0v) is 19.2. The van der Waals surface area contributed by atoms with E-state index in [2.05, 4.69) is 5.32 Å². The van der Waals surface area contributed by atoms with Gasteiger partial charge in [0, 0.05) is 0 Å². The van der Waals surface area contributed by atoms with Crippen LogP contribution in [-0.4, -0.2) is 52.5 Å². The van der Waals surface area contributed by atoms with E-state index in [0.717, 1.165) is 5.56 Å². The number of hydrogen-bond donors (Lipinski definition) is 3. The van der Waals surface area contributed by atoms with Gasteiger partial charge in [-0.15, -0.1) is 0 Å². The van der Waals surface area contributed by atoms with Crippen LogP contribution < -0.4 is 5.32 Å². The predicted octanol–water partition coefficient (Wildman–Crippen LogP) is 3.36. The monoisotopic (exact) mass is 451 g/mol. The van der Waals surface area contributed by atoms with Crippen LogP contribution in [0.25, 0.3) is 0 Å². The van der Waals surface area contributed by atoms with Gasteiger partial charge < -0.3 is 25.0 Å². The van der Waals surface area contributed by atoms with Gasteiger partial charge in [0.15, 0.2) is 5.92 Å². The van der Waals surface area contributed by atoms with Crippen LogP contribution in [0, 0.1) is 5.92 Å². The second-order valence-electron chi connectivity index (χ2n) is 8.72. The van der Waals surface area contributed by atoms with E-state index in [1.165, 1.54) is 0 Å². The molecule has 9 heteroatoms. The van der Waals surface area contributed by atoms with Crippen molar-refractivity contribution in [1.82, 2.24) is 5.32 Å². The Morgan fingerprint density at radius 2 is 1.56 bits per heavy atom. The number of rotatable bonds is 11. The quantitative estimate of drug-likeness (QED) is 0.344. The third-order valence-electron chi connectivity index (χ3n) is 4.97. The molecular formula is C23H33NO8. The van der Waals surface area contributed by atoms with Gasteiger partial charge in [0.1, 0.15) is 5.60 Å². The molecule has 32 heavy (non-hydrogen) atoms. The van der Waals surface area contributed by atoms with Gasteiger partial charge in [-0.2, -0.15) is 0 Å². The number of carbonyl (C=O) groups excluding carboxylic acids is 2. The topological polar surface area (TPSA) is 139 Å². The number of hydrogen-bond acceptors (Lipinski definition) is 6. The van der Waals surface area contributed by atoms with Gasteiger partial charge in [0.05, 0.1) is 18.1 Å². The summed E-state index contributed by atoms with van der Waals surface area (Å²) in [5, 5.41) is 21.2. The van der Waals surface area contributed by atoms with Crippen LogP contribution in [0.1, 0.15) is 59.4 Å². The second-order valence-corrected chi connectivity index (χ2v) is 8.72. The number of amides is 1. The molecule has 1 amide bonds. The largest absolute Gasteiger partial charge is 0.481 e. The fourth-order valence-electron chi connectivity index (χ4n) is 3.37. The van der Waals surface area contributed by atoms with Crippen molar-refractivity contribution in [3.8, 4) is 0 Å². The lowest BCUT2D eigenvalue weighted by Crippen LogP contribution is -2.48. The average molecular weight is 452 g/mol. The van der Waals surface area contributed by atoms with Crippen molar-refractivity contribution in [3.05, 3.63) is 35.9 Å². The van der Waals surface area contributed by atoms with Gasteiger partial charge in [0.25, 0.3) is 0 Å². The van der Waals surface area contributed by atoms with Gasteiger partial charge in [-0.1, -0.05) is 30.3 Å². The average Bonchev–Trinajstić information content (AvgIpc) is 2.66. The Morgan fingerprint density at radius 1 is 1.00 bits per heavy atom. The number of esters is 1. The molecule has 1 rings (SSSR count). The van der Waals surface area contributed by atoms with Crippen LogP contribution in [0.5, 0.6) is 0 Å². The first-order valence-electron chi connectivity index (χ1n) is 10.5. The maximum Gasteiger partial charge on any atom is 0.407 e. The van der Waals surface area contributed by atoms with Crippen LogP contribution in [0.4, 0.5) is 4.79 Å². The van der Waals surface area contributed by atoms with Gasteiger partial charge in [-0.05, 0) is 59.4 Å². The smallest absolute Gasteiger partial charge is 0.407 e. The number of alkyl carbamates (subject to hydrolysis) is 1. The highest BCUT2D eigenvalue weighted by Crippen LogP contribution is 2.32. The zero-order chi connectivity index (χ0) is 24.5. The zero-order valence-electron chi connectivity index (χ0n) is 19.2. The minimum absolute atomic E-state index is 0.00430. The lowest BCUT2D eigenvalue weighted by Gasteiger charge is -2.29. The van der Waals surface area contributed by atoms with Crippen LogP contribution in [0.3, 0.4) is 0 Å². The van der Waals surface area contributed by atoms with Gasteiger partial charge in [-0.3, -0.25) is 14.4 Å². The van der Waals surface area contributed by atoms with Gasteiger partial charge in [-0.25, -0.2) is 4.79 Å². The van der Waals surface area contributed by atoms with E-state index in [1.54, 1.807) is 58.9 Å². The molecule has 1 aromatic rings. The molecule has 0 bridgehead atoms. The molecule has 178 valence electrons. The molecule has 0 heterocycles. The van der Waals surface area contributed by atoms with E-state index in [0.29, 0.717) is 0 Å². The summed E-state index contributed by atoms with van der Waals surface area (Å²) >= 11 is 0. The lowest BCUT2D eigenvalue weighted by atomic mass is 9.77. The Balaban J connectivity index is 3.07. The van der Waals surface area contributed by atoms with E-state index in [4.69, 9.17) is 9.47 Å². The Morgan fingerprint density at radius 3 is 2.03 bits per heavy atom. The van der Waals surface area contributed by atoms with Crippen molar-refractivity contribution in [1.29, 1.82) is 0 Å². The highest BCUT2D eigenvalue weighted by molar-refractivity contribution is 5.94. The molecule has 0 aromatic heterocycles. The normalized spacial score (nSPS) is 14.2. The van der Waals surface area contributed by atoms with Crippen LogP contribution >= 0.6 is 0 Å². The van der Waals surface area contributed by atoms with Crippen molar-refractivity contribution < 1.29 is 38.9 Å². The molecule has 0 saturated carbocycles. The summed E-state index contributed by atoms with van der Waals surface area (Å²) in [4.78, 5) is 48.1. The molecular weight excluding hydrogens is 418 g/mol. The maximum absolute atomic E-state index is 12.7. The lowest BCUT2D eigenvalue weighted by molar-refractivity contribution is -0.156. The predicted molar refractivity (Wildman–Crippen MR) is 116 cm³/mol. The summed E-state index contributed by atoms with van der Waals surface area (Å²) in [7, 11) is 0. The van der Waals surface area contributed by atoms with Crippen molar-refractivity contribution in [2.75, 3.05) is 6.61 Å². The van der Waals surface area contributed by atoms with Crippen LogP contribution in [0.15, 0.2) is 30.3 Å². The number of nitrogens with one attached hydrogen (secondary N) is 1. The van der Waals surface area contributed by atoms with E-state index >= 15 is 0 Å². The summed E-state index contributed by atoms with van der Waals surface area (Å²) in [5.74, 6) is -5.45. The number of carboxylic acids is 2. The number of ether oxygens (including phenoxy) is 2. The minimum Gasteiger partial charge on any atom is -0.481 e. The summed E-state index contributed by atoms with van der Waals surface area (Å²) in [6.07, 6.45) is -0.397. The first-order valence-corrected chi connectivity index (χ1v) is 10.5. The Hall–Kier alpha value is -3.10. The standard InChI is InChI=1S/C23H33NO8/c1-6-31-20(29)23(5,15-11-8-7-9-12-15)14-10-13-16(17(18(25)26)19(27)28)24-21(30)32-22(2,3)4/h7-9,11-12,16-17H,6,10,13-14H2,1-5H3,(H,24,30)(H,25,26)(H,27,28)/t16-,23?/m0/s1. The Bertz CT molecular complexity index is 788. The molecule has 9 nitrogen and oxygen atoms in total. The van der Waals surface area contributed by atoms with Gasteiger partial charge in [0.2, 0.25) is 0 Å². The fraction of sp³-hybridized carbons (Fsp3) is 0.565. The molecule has 0 radical (unpaired) electrons. The third-order valence-corrected chi connectivity index (χ3v) is 4.97. The second kappa shape index (κ2) is 11.5. The number of carboxylic acid groups (broad SMARTS) is 2. The molecule has 3 N–H and O–H groups in total. The van der Waals surface area contributed by atoms with Gasteiger partial charge >= 0.3 is 24.0 Å². The molecule has 0 aliphatic carbocycles. The molecule has 1 aromatic carbocycles. The Kier molecular flexibility index (Phi) is 9.68. The molecule has 1 unspecified atom stereocenters. The fourth-order valence-corrected chi connectivity index (χ4v) is 3.37. The van der Waals surface area contributed by atoms with Crippen LogP contribution in [-0.2, 0) is 29.3 Å². The van der Waals surface area contributed by atoms with Crippen molar-refractivity contribution in [2.24, 2.45) is 5.92 Å². The van der Waals surface area contributed by atoms with Crippen molar-refractivity contribution >= 4 is 24.0 Å². The first-order chi connectivity index (χ1) is 14.8.